The van der Waals surface area contributed by atoms with Crippen molar-refractivity contribution in [3.63, 3.8) is 0 Å². The standard InChI is InChI=1S/C16H32N2O2/c1-15(2,3)13(19)11-17-12-7-9-18(10-8-12)14(20)16(4,5)6/h12-13,17,19H,7-11H2,1-6H3. The fraction of sp³-hybridized carbons (Fsp3) is 0.938. The quantitative estimate of drug-likeness (QED) is 0.833. The van der Waals surface area contributed by atoms with Gasteiger partial charge in [0.05, 0.1) is 6.10 Å². The van der Waals surface area contributed by atoms with Gasteiger partial charge in [-0.2, -0.15) is 0 Å². The molecule has 20 heavy (non-hydrogen) atoms. The first-order valence-corrected chi connectivity index (χ1v) is 7.72. The first-order chi connectivity index (χ1) is 9.01. The van der Waals surface area contributed by atoms with Crippen LogP contribution in [0.15, 0.2) is 0 Å². The number of hydrogen-bond donors (Lipinski definition) is 2. The zero-order valence-corrected chi connectivity index (χ0v) is 14.0. The van der Waals surface area contributed by atoms with Gasteiger partial charge in [-0.1, -0.05) is 41.5 Å². The second-order valence-corrected chi connectivity index (χ2v) is 8.11. The van der Waals surface area contributed by atoms with E-state index in [-0.39, 0.29) is 22.8 Å². The first kappa shape index (κ1) is 17.4. The number of aliphatic hydroxyl groups excluding tert-OH is 1. The van der Waals surface area contributed by atoms with E-state index in [2.05, 4.69) is 5.32 Å². The number of rotatable bonds is 3. The molecule has 1 heterocycles. The molecule has 0 radical (unpaired) electrons. The van der Waals surface area contributed by atoms with Gasteiger partial charge in [-0.05, 0) is 18.3 Å². The van der Waals surface area contributed by atoms with Gasteiger partial charge in [0.2, 0.25) is 5.91 Å². The summed E-state index contributed by atoms with van der Waals surface area (Å²) in [5.41, 5.74) is -0.376. The highest BCUT2D eigenvalue weighted by atomic mass is 16.3. The number of carbonyl (C=O) groups is 1. The third-order valence-corrected chi connectivity index (χ3v) is 4.02. The zero-order chi connectivity index (χ0) is 15.6. The molecular weight excluding hydrogens is 252 g/mol. The summed E-state index contributed by atoms with van der Waals surface area (Å²) in [5, 5.41) is 13.5. The van der Waals surface area contributed by atoms with Crippen LogP contribution < -0.4 is 5.32 Å². The summed E-state index contributed by atoms with van der Waals surface area (Å²) < 4.78 is 0. The number of nitrogens with one attached hydrogen (secondary N) is 1. The fourth-order valence-corrected chi connectivity index (χ4v) is 2.35. The Hall–Kier alpha value is -0.610. The molecule has 1 aliphatic rings. The van der Waals surface area contributed by atoms with Crippen LogP contribution >= 0.6 is 0 Å². The highest BCUT2D eigenvalue weighted by molar-refractivity contribution is 5.81. The highest BCUT2D eigenvalue weighted by Gasteiger charge is 2.30. The Morgan fingerprint density at radius 1 is 1.20 bits per heavy atom. The molecular formula is C16H32N2O2. The highest BCUT2D eigenvalue weighted by Crippen LogP contribution is 2.22. The Morgan fingerprint density at radius 3 is 2.10 bits per heavy atom. The number of aliphatic hydroxyl groups is 1. The van der Waals surface area contributed by atoms with Crippen molar-refractivity contribution in [2.24, 2.45) is 10.8 Å². The van der Waals surface area contributed by atoms with Gasteiger partial charge < -0.3 is 15.3 Å². The van der Waals surface area contributed by atoms with Gasteiger partial charge in [0.25, 0.3) is 0 Å². The largest absolute Gasteiger partial charge is 0.391 e. The van der Waals surface area contributed by atoms with E-state index in [1.165, 1.54) is 0 Å². The van der Waals surface area contributed by atoms with Crippen molar-refractivity contribution in [3.8, 4) is 0 Å². The molecule has 0 saturated carbocycles. The van der Waals surface area contributed by atoms with Crippen LogP contribution in [-0.4, -0.2) is 47.7 Å². The van der Waals surface area contributed by atoms with Crippen LogP contribution in [0, 0.1) is 10.8 Å². The molecule has 1 fully saturated rings. The van der Waals surface area contributed by atoms with Gasteiger partial charge in [-0.25, -0.2) is 0 Å². The van der Waals surface area contributed by atoms with Crippen molar-refractivity contribution in [1.29, 1.82) is 0 Å². The maximum Gasteiger partial charge on any atom is 0.227 e. The molecule has 0 aromatic heterocycles. The zero-order valence-electron chi connectivity index (χ0n) is 14.0. The van der Waals surface area contributed by atoms with Gasteiger partial charge in [0.15, 0.2) is 0 Å². The molecule has 1 unspecified atom stereocenters. The number of nitrogens with zero attached hydrogens (tertiary/aromatic N) is 1. The maximum absolute atomic E-state index is 12.2. The smallest absolute Gasteiger partial charge is 0.227 e. The van der Waals surface area contributed by atoms with E-state index in [9.17, 15) is 9.90 Å². The number of carbonyl (C=O) groups excluding carboxylic acids is 1. The molecule has 0 spiro atoms. The molecule has 4 heteroatoms. The molecule has 1 atom stereocenters. The minimum Gasteiger partial charge on any atom is -0.391 e. The lowest BCUT2D eigenvalue weighted by Gasteiger charge is -2.37. The lowest BCUT2D eigenvalue weighted by molar-refractivity contribution is -0.140. The molecule has 0 aliphatic carbocycles. The van der Waals surface area contributed by atoms with Crippen molar-refractivity contribution in [1.82, 2.24) is 10.2 Å². The summed E-state index contributed by atoms with van der Waals surface area (Å²) >= 11 is 0. The summed E-state index contributed by atoms with van der Waals surface area (Å²) in [6, 6.07) is 0.413. The lowest BCUT2D eigenvalue weighted by atomic mass is 9.88. The van der Waals surface area contributed by atoms with E-state index in [1.807, 2.05) is 46.4 Å². The average Bonchev–Trinajstić information content (AvgIpc) is 2.33. The third-order valence-electron chi connectivity index (χ3n) is 4.02. The van der Waals surface area contributed by atoms with Crippen LogP contribution in [0.25, 0.3) is 0 Å². The van der Waals surface area contributed by atoms with Crippen LogP contribution in [0.1, 0.15) is 54.4 Å². The predicted molar refractivity (Wildman–Crippen MR) is 82.5 cm³/mol. The predicted octanol–water partition coefficient (Wildman–Crippen LogP) is 2.02. The SMILES string of the molecule is CC(C)(C)C(=O)N1CCC(NCC(O)C(C)(C)C)CC1. The Kier molecular flexibility index (Phi) is 5.61. The molecule has 118 valence electrons. The Labute approximate surface area is 123 Å². The molecule has 1 aliphatic heterocycles. The van der Waals surface area contributed by atoms with Crippen molar-refractivity contribution in [2.45, 2.75) is 66.5 Å². The topological polar surface area (TPSA) is 52.6 Å². The van der Waals surface area contributed by atoms with E-state index < -0.39 is 0 Å². The molecule has 1 saturated heterocycles. The van der Waals surface area contributed by atoms with E-state index in [0.717, 1.165) is 25.9 Å². The molecule has 0 aromatic rings. The minimum absolute atomic E-state index is 0.0874. The summed E-state index contributed by atoms with van der Waals surface area (Å²) in [5.74, 6) is 0.241. The van der Waals surface area contributed by atoms with E-state index in [0.29, 0.717) is 12.6 Å². The average molecular weight is 284 g/mol. The van der Waals surface area contributed by atoms with Crippen LogP contribution in [0.3, 0.4) is 0 Å². The van der Waals surface area contributed by atoms with Gasteiger partial charge in [-0.3, -0.25) is 4.79 Å². The molecule has 0 bridgehead atoms. The third kappa shape index (κ3) is 5.06. The minimum atomic E-state index is -0.336. The second kappa shape index (κ2) is 6.44. The van der Waals surface area contributed by atoms with E-state index in [1.54, 1.807) is 0 Å². The number of amides is 1. The lowest BCUT2D eigenvalue weighted by Crippen LogP contribution is -2.50. The van der Waals surface area contributed by atoms with E-state index in [4.69, 9.17) is 0 Å². The van der Waals surface area contributed by atoms with Crippen LogP contribution in [0.2, 0.25) is 0 Å². The number of likely N-dealkylation sites (tertiary alicyclic amines) is 1. The second-order valence-electron chi connectivity index (χ2n) is 8.11. The van der Waals surface area contributed by atoms with Crippen LogP contribution in [0.5, 0.6) is 0 Å². The first-order valence-electron chi connectivity index (χ1n) is 7.72. The molecule has 2 N–H and O–H groups in total. The molecule has 0 aromatic carbocycles. The van der Waals surface area contributed by atoms with Gasteiger partial charge in [-0.15, -0.1) is 0 Å². The van der Waals surface area contributed by atoms with Gasteiger partial charge >= 0.3 is 0 Å². The van der Waals surface area contributed by atoms with Crippen molar-refractivity contribution in [3.05, 3.63) is 0 Å². The van der Waals surface area contributed by atoms with Crippen molar-refractivity contribution >= 4 is 5.91 Å². The summed E-state index contributed by atoms with van der Waals surface area (Å²) in [6.45, 7) is 14.3. The maximum atomic E-state index is 12.2. The van der Waals surface area contributed by atoms with Gasteiger partial charge in [0, 0.05) is 31.1 Å². The van der Waals surface area contributed by atoms with E-state index >= 15 is 0 Å². The van der Waals surface area contributed by atoms with Crippen LogP contribution in [-0.2, 0) is 4.79 Å². The monoisotopic (exact) mass is 284 g/mol. The van der Waals surface area contributed by atoms with Crippen LogP contribution in [0.4, 0.5) is 0 Å². The Balaban J connectivity index is 2.35. The summed E-state index contributed by atoms with van der Waals surface area (Å²) in [7, 11) is 0. The summed E-state index contributed by atoms with van der Waals surface area (Å²) in [6.07, 6.45) is 1.61. The van der Waals surface area contributed by atoms with Gasteiger partial charge in [0.1, 0.15) is 0 Å². The fourth-order valence-electron chi connectivity index (χ4n) is 2.35. The Bertz CT molecular complexity index is 320. The number of hydrogen-bond acceptors (Lipinski definition) is 3. The molecule has 1 rings (SSSR count). The van der Waals surface area contributed by atoms with Crippen molar-refractivity contribution < 1.29 is 9.90 Å². The normalized spacial score (nSPS) is 20.1. The summed E-state index contributed by atoms with van der Waals surface area (Å²) in [4.78, 5) is 14.2. The number of piperidine rings is 1. The molecule has 4 nitrogen and oxygen atoms in total. The Morgan fingerprint density at radius 2 is 1.70 bits per heavy atom. The van der Waals surface area contributed by atoms with Crippen molar-refractivity contribution in [2.75, 3.05) is 19.6 Å². The molecule has 1 amide bonds.